The highest BCUT2D eigenvalue weighted by atomic mass is 19.1. The predicted molar refractivity (Wildman–Crippen MR) is 73.0 cm³/mol. The van der Waals surface area contributed by atoms with Gasteiger partial charge in [-0.05, 0) is 45.8 Å². The van der Waals surface area contributed by atoms with Crippen molar-refractivity contribution in [2.45, 2.75) is 45.3 Å². The van der Waals surface area contributed by atoms with Crippen molar-refractivity contribution in [3.05, 3.63) is 35.6 Å². The number of aliphatic hydroxyl groups excluding tert-OH is 1. The van der Waals surface area contributed by atoms with Gasteiger partial charge in [0.2, 0.25) is 0 Å². The molecule has 0 aliphatic carbocycles. The normalized spacial score (nSPS) is 14.8. The molecule has 1 aromatic rings. The van der Waals surface area contributed by atoms with Gasteiger partial charge in [0.15, 0.2) is 0 Å². The van der Waals surface area contributed by atoms with Gasteiger partial charge in [0, 0.05) is 11.6 Å². The van der Waals surface area contributed by atoms with Crippen molar-refractivity contribution < 1.29 is 9.50 Å². The van der Waals surface area contributed by atoms with Crippen LogP contribution in [0, 0.1) is 5.82 Å². The van der Waals surface area contributed by atoms with Crippen molar-refractivity contribution in [2.75, 3.05) is 13.6 Å². The summed E-state index contributed by atoms with van der Waals surface area (Å²) in [5.74, 6) is -0.148. The Labute approximate surface area is 109 Å². The molecule has 0 heterocycles. The first kappa shape index (κ1) is 15.1. The highest BCUT2D eigenvalue weighted by Crippen LogP contribution is 2.21. The van der Waals surface area contributed by atoms with E-state index in [1.165, 1.54) is 6.07 Å². The van der Waals surface area contributed by atoms with Gasteiger partial charge in [-0.25, -0.2) is 4.39 Å². The number of hydrogen-bond acceptors (Lipinski definition) is 2. The number of hydrogen-bond donors (Lipinski definition) is 1. The Kier molecular flexibility index (Phi) is 6.30. The van der Waals surface area contributed by atoms with E-state index in [1.54, 1.807) is 6.07 Å². The van der Waals surface area contributed by atoms with Gasteiger partial charge in [0.05, 0.1) is 6.10 Å². The summed E-state index contributed by atoms with van der Waals surface area (Å²) in [6.45, 7) is 4.86. The molecule has 0 aliphatic rings. The second-order valence-corrected chi connectivity index (χ2v) is 4.88. The molecule has 102 valence electrons. The monoisotopic (exact) mass is 253 g/mol. The molecule has 1 rings (SSSR count). The van der Waals surface area contributed by atoms with Crippen molar-refractivity contribution in [1.82, 2.24) is 4.90 Å². The van der Waals surface area contributed by atoms with Crippen molar-refractivity contribution in [3.8, 4) is 0 Å². The maximum Gasteiger partial charge on any atom is 0.127 e. The minimum Gasteiger partial charge on any atom is -0.393 e. The Morgan fingerprint density at radius 2 is 2.00 bits per heavy atom. The van der Waals surface area contributed by atoms with E-state index in [2.05, 4.69) is 4.90 Å². The molecule has 0 spiro atoms. The highest BCUT2D eigenvalue weighted by Gasteiger charge is 2.15. The summed E-state index contributed by atoms with van der Waals surface area (Å²) < 4.78 is 13.6. The third-order valence-electron chi connectivity index (χ3n) is 3.54. The molecule has 0 amide bonds. The smallest absolute Gasteiger partial charge is 0.127 e. The summed E-state index contributed by atoms with van der Waals surface area (Å²) in [5.41, 5.74) is 0.732. The molecule has 3 heteroatoms. The molecule has 0 bridgehead atoms. The van der Waals surface area contributed by atoms with E-state index in [0.717, 1.165) is 31.4 Å². The predicted octanol–water partition coefficient (Wildman–Crippen LogP) is 3.37. The average Bonchev–Trinajstić information content (AvgIpc) is 2.38. The van der Waals surface area contributed by atoms with Crippen LogP contribution in [0.15, 0.2) is 24.3 Å². The highest BCUT2D eigenvalue weighted by molar-refractivity contribution is 5.20. The molecule has 2 atom stereocenters. The van der Waals surface area contributed by atoms with Crippen molar-refractivity contribution in [2.24, 2.45) is 0 Å². The van der Waals surface area contributed by atoms with Crippen LogP contribution < -0.4 is 0 Å². The molecule has 0 aliphatic heterocycles. The van der Waals surface area contributed by atoms with Crippen molar-refractivity contribution >= 4 is 0 Å². The summed E-state index contributed by atoms with van der Waals surface area (Å²) in [6, 6.07) is 6.97. The van der Waals surface area contributed by atoms with Gasteiger partial charge >= 0.3 is 0 Å². The summed E-state index contributed by atoms with van der Waals surface area (Å²) in [5, 5.41) is 9.49. The fourth-order valence-electron chi connectivity index (χ4n) is 2.03. The molecule has 0 fully saturated rings. The van der Waals surface area contributed by atoms with Crippen LogP contribution in [0.4, 0.5) is 4.39 Å². The zero-order chi connectivity index (χ0) is 13.5. The lowest BCUT2D eigenvalue weighted by Crippen LogP contribution is -2.25. The van der Waals surface area contributed by atoms with Gasteiger partial charge < -0.3 is 5.11 Å². The Hall–Kier alpha value is -0.930. The van der Waals surface area contributed by atoms with Crippen molar-refractivity contribution in [3.63, 3.8) is 0 Å². The van der Waals surface area contributed by atoms with Crippen LogP contribution in [0.3, 0.4) is 0 Å². The van der Waals surface area contributed by atoms with Crippen LogP contribution in [-0.2, 0) is 0 Å². The SMILES string of the molecule is CCC(O)CCCN(C)C(C)c1ccccc1F. The summed E-state index contributed by atoms with van der Waals surface area (Å²) in [4.78, 5) is 2.13. The van der Waals surface area contributed by atoms with Gasteiger partial charge in [-0.15, -0.1) is 0 Å². The lowest BCUT2D eigenvalue weighted by atomic mass is 10.1. The first-order valence-electron chi connectivity index (χ1n) is 6.69. The number of benzene rings is 1. The van der Waals surface area contributed by atoms with Crippen LogP contribution in [-0.4, -0.2) is 29.7 Å². The maximum absolute atomic E-state index is 13.6. The second-order valence-electron chi connectivity index (χ2n) is 4.88. The minimum absolute atomic E-state index is 0.0602. The van der Waals surface area contributed by atoms with E-state index in [4.69, 9.17) is 0 Å². The first-order chi connectivity index (χ1) is 8.56. The lowest BCUT2D eigenvalue weighted by molar-refractivity contribution is 0.147. The summed E-state index contributed by atoms with van der Waals surface area (Å²) >= 11 is 0. The number of halogens is 1. The van der Waals surface area contributed by atoms with E-state index < -0.39 is 0 Å². The van der Waals surface area contributed by atoms with Crippen LogP contribution in [0.5, 0.6) is 0 Å². The van der Waals surface area contributed by atoms with Crippen LogP contribution in [0.25, 0.3) is 0 Å². The molecular weight excluding hydrogens is 229 g/mol. The Morgan fingerprint density at radius 1 is 1.33 bits per heavy atom. The summed E-state index contributed by atoms with van der Waals surface area (Å²) in [6.07, 6.45) is 2.34. The maximum atomic E-state index is 13.6. The zero-order valence-electron chi connectivity index (χ0n) is 11.6. The van der Waals surface area contributed by atoms with Crippen LogP contribution >= 0.6 is 0 Å². The fraction of sp³-hybridized carbons (Fsp3) is 0.600. The Morgan fingerprint density at radius 3 is 2.61 bits per heavy atom. The van der Waals surface area contributed by atoms with Gasteiger partial charge in [0.1, 0.15) is 5.82 Å². The molecule has 18 heavy (non-hydrogen) atoms. The molecule has 1 N–H and O–H groups in total. The molecule has 1 aromatic carbocycles. The topological polar surface area (TPSA) is 23.5 Å². The third kappa shape index (κ3) is 4.39. The number of rotatable bonds is 7. The van der Waals surface area contributed by atoms with Gasteiger partial charge in [-0.1, -0.05) is 25.1 Å². The lowest BCUT2D eigenvalue weighted by Gasteiger charge is -2.25. The van der Waals surface area contributed by atoms with Gasteiger partial charge in [-0.3, -0.25) is 4.90 Å². The largest absolute Gasteiger partial charge is 0.393 e. The first-order valence-corrected chi connectivity index (χ1v) is 6.69. The fourth-order valence-corrected chi connectivity index (χ4v) is 2.03. The third-order valence-corrected chi connectivity index (χ3v) is 3.54. The molecular formula is C15H24FNO. The van der Waals surface area contributed by atoms with E-state index in [0.29, 0.717) is 0 Å². The molecule has 2 nitrogen and oxygen atoms in total. The zero-order valence-corrected chi connectivity index (χ0v) is 11.6. The molecule has 0 aromatic heterocycles. The van der Waals surface area contributed by atoms with E-state index in [-0.39, 0.29) is 18.0 Å². The average molecular weight is 253 g/mol. The van der Waals surface area contributed by atoms with E-state index >= 15 is 0 Å². The summed E-state index contributed by atoms with van der Waals surface area (Å²) in [7, 11) is 2.00. The molecule has 0 saturated heterocycles. The van der Waals surface area contributed by atoms with E-state index in [9.17, 15) is 9.50 Å². The van der Waals surface area contributed by atoms with Crippen LogP contribution in [0.2, 0.25) is 0 Å². The van der Waals surface area contributed by atoms with Gasteiger partial charge in [0.25, 0.3) is 0 Å². The Balaban J connectivity index is 2.47. The van der Waals surface area contributed by atoms with E-state index in [1.807, 2.05) is 33.0 Å². The second kappa shape index (κ2) is 7.49. The van der Waals surface area contributed by atoms with Gasteiger partial charge in [-0.2, -0.15) is 0 Å². The standard InChI is InChI=1S/C15H24FNO/c1-4-13(18)8-7-11-17(3)12(2)14-9-5-6-10-15(14)16/h5-6,9-10,12-13,18H,4,7-8,11H2,1-3H3. The molecule has 0 saturated carbocycles. The quantitative estimate of drug-likeness (QED) is 0.805. The molecule has 0 radical (unpaired) electrons. The number of nitrogens with zero attached hydrogens (tertiary/aromatic N) is 1. The van der Waals surface area contributed by atoms with Crippen LogP contribution in [0.1, 0.15) is 44.7 Å². The Bertz CT molecular complexity index is 356. The minimum atomic E-state index is -0.206. The number of aliphatic hydroxyl groups is 1. The molecule has 2 unspecified atom stereocenters. The van der Waals surface area contributed by atoms with Crippen molar-refractivity contribution in [1.29, 1.82) is 0 Å².